The topological polar surface area (TPSA) is 37.8 Å². The molecular weight excluding hydrogens is 198 g/mol. The van der Waals surface area contributed by atoms with Crippen LogP contribution in [0, 0.1) is 19.8 Å². The molecule has 0 aromatic carbocycles. The van der Waals surface area contributed by atoms with Crippen molar-refractivity contribution in [1.29, 1.82) is 0 Å². The van der Waals surface area contributed by atoms with E-state index in [0.717, 1.165) is 29.7 Å². The highest BCUT2D eigenvalue weighted by Gasteiger charge is 2.00. The van der Waals surface area contributed by atoms with Gasteiger partial charge < -0.3 is 5.32 Å². The Labute approximate surface area is 98.7 Å². The zero-order valence-electron chi connectivity index (χ0n) is 10.9. The molecule has 1 heterocycles. The predicted octanol–water partition coefficient (Wildman–Crippen LogP) is 3.33. The average Bonchev–Trinajstić information content (AvgIpc) is 2.22. The second-order valence-corrected chi connectivity index (χ2v) is 4.76. The third kappa shape index (κ3) is 4.60. The van der Waals surface area contributed by atoms with Gasteiger partial charge in [0, 0.05) is 12.7 Å². The van der Waals surface area contributed by atoms with Crippen molar-refractivity contribution in [2.24, 2.45) is 5.92 Å². The molecule has 0 aliphatic heterocycles. The number of unbranched alkanes of at least 4 members (excludes halogenated alkanes) is 1. The monoisotopic (exact) mass is 221 g/mol. The summed E-state index contributed by atoms with van der Waals surface area (Å²) in [4.78, 5) is 8.71. The minimum Gasteiger partial charge on any atom is -0.369 e. The van der Waals surface area contributed by atoms with Gasteiger partial charge in [-0.1, -0.05) is 26.7 Å². The summed E-state index contributed by atoms with van der Waals surface area (Å²) in [5, 5.41) is 3.35. The van der Waals surface area contributed by atoms with Crippen LogP contribution in [-0.2, 0) is 0 Å². The highest BCUT2D eigenvalue weighted by atomic mass is 15.0. The highest BCUT2D eigenvalue weighted by molar-refractivity contribution is 5.39. The Hall–Kier alpha value is -1.12. The zero-order chi connectivity index (χ0) is 12.0. The minimum absolute atomic E-state index is 0.806. The van der Waals surface area contributed by atoms with Gasteiger partial charge in [0.2, 0.25) is 0 Å². The summed E-state index contributed by atoms with van der Waals surface area (Å²) in [6.07, 6.45) is 5.59. The molecule has 0 amide bonds. The molecule has 0 fully saturated rings. The van der Waals surface area contributed by atoms with Gasteiger partial charge in [0.1, 0.15) is 5.82 Å². The number of aromatic nitrogens is 2. The number of anilines is 1. The normalized spacial score (nSPS) is 10.8. The zero-order valence-corrected chi connectivity index (χ0v) is 10.9. The van der Waals surface area contributed by atoms with E-state index in [4.69, 9.17) is 0 Å². The lowest BCUT2D eigenvalue weighted by Crippen LogP contribution is -2.07. The summed E-state index contributed by atoms with van der Waals surface area (Å²) in [6.45, 7) is 9.48. The van der Waals surface area contributed by atoms with Crippen molar-refractivity contribution >= 4 is 5.82 Å². The van der Waals surface area contributed by atoms with E-state index < -0.39 is 0 Å². The summed E-state index contributed by atoms with van der Waals surface area (Å²) in [7, 11) is 0. The lowest BCUT2D eigenvalue weighted by atomic mass is 10.1. The maximum atomic E-state index is 4.43. The quantitative estimate of drug-likeness (QED) is 0.749. The summed E-state index contributed by atoms with van der Waals surface area (Å²) in [6, 6.07) is 0. The van der Waals surface area contributed by atoms with E-state index in [1.54, 1.807) is 6.20 Å². The van der Waals surface area contributed by atoms with Gasteiger partial charge in [0.25, 0.3) is 0 Å². The Kier molecular flexibility index (Phi) is 5.23. The SMILES string of the molecule is Cc1cnc(C)c(NCCCCC(C)C)n1. The highest BCUT2D eigenvalue weighted by Crippen LogP contribution is 2.10. The van der Waals surface area contributed by atoms with Crippen LogP contribution in [0.1, 0.15) is 44.5 Å². The molecule has 1 aromatic heterocycles. The molecule has 3 nitrogen and oxygen atoms in total. The molecule has 0 saturated heterocycles. The van der Waals surface area contributed by atoms with E-state index in [0.29, 0.717) is 0 Å². The standard InChI is InChI=1S/C13H23N3/c1-10(2)7-5-6-8-14-13-12(4)15-9-11(3)16-13/h9-10H,5-8H2,1-4H3,(H,14,16). The smallest absolute Gasteiger partial charge is 0.147 e. The number of aryl methyl sites for hydroxylation is 2. The van der Waals surface area contributed by atoms with Crippen molar-refractivity contribution in [2.45, 2.75) is 47.0 Å². The number of hydrogen-bond donors (Lipinski definition) is 1. The van der Waals surface area contributed by atoms with Crippen LogP contribution in [0.3, 0.4) is 0 Å². The van der Waals surface area contributed by atoms with Crippen LogP contribution in [0.4, 0.5) is 5.82 Å². The second-order valence-electron chi connectivity index (χ2n) is 4.76. The van der Waals surface area contributed by atoms with Gasteiger partial charge in [0.15, 0.2) is 0 Å². The summed E-state index contributed by atoms with van der Waals surface area (Å²) in [5.74, 6) is 1.74. The first-order valence-corrected chi connectivity index (χ1v) is 6.13. The molecule has 1 rings (SSSR count). The molecule has 0 saturated carbocycles. The first kappa shape index (κ1) is 12.9. The van der Waals surface area contributed by atoms with Gasteiger partial charge in [-0.2, -0.15) is 0 Å². The average molecular weight is 221 g/mol. The van der Waals surface area contributed by atoms with Crippen molar-refractivity contribution < 1.29 is 0 Å². The Balaban J connectivity index is 2.29. The van der Waals surface area contributed by atoms with Gasteiger partial charge in [-0.3, -0.25) is 4.98 Å². The Morgan fingerprint density at radius 1 is 1.25 bits per heavy atom. The van der Waals surface area contributed by atoms with E-state index in [2.05, 4.69) is 29.1 Å². The van der Waals surface area contributed by atoms with Crippen LogP contribution in [0.25, 0.3) is 0 Å². The van der Waals surface area contributed by atoms with Gasteiger partial charge in [0.05, 0.1) is 11.4 Å². The molecule has 1 N–H and O–H groups in total. The van der Waals surface area contributed by atoms with Gasteiger partial charge >= 0.3 is 0 Å². The maximum absolute atomic E-state index is 4.43. The molecule has 0 atom stereocenters. The molecule has 90 valence electrons. The Bertz CT molecular complexity index is 321. The molecular formula is C13H23N3. The lowest BCUT2D eigenvalue weighted by Gasteiger charge is -2.09. The fraction of sp³-hybridized carbons (Fsp3) is 0.692. The van der Waals surface area contributed by atoms with Crippen LogP contribution >= 0.6 is 0 Å². The largest absolute Gasteiger partial charge is 0.369 e. The van der Waals surface area contributed by atoms with Crippen LogP contribution in [0.15, 0.2) is 6.20 Å². The Morgan fingerprint density at radius 3 is 2.69 bits per heavy atom. The molecule has 0 aliphatic carbocycles. The molecule has 0 bridgehead atoms. The van der Waals surface area contributed by atoms with Crippen LogP contribution in [0.5, 0.6) is 0 Å². The van der Waals surface area contributed by atoms with E-state index >= 15 is 0 Å². The molecule has 1 aromatic rings. The number of hydrogen-bond acceptors (Lipinski definition) is 3. The number of rotatable bonds is 6. The molecule has 0 unspecified atom stereocenters. The predicted molar refractivity (Wildman–Crippen MR) is 68.7 cm³/mol. The van der Waals surface area contributed by atoms with Gasteiger partial charge in [-0.05, 0) is 26.2 Å². The molecule has 3 heteroatoms. The summed E-state index contributed by atoms with van der Waals surface area (Å²) in [5.41, 5.74) is 1.95. The van der Waals surface area contributed by atoms with Crippen molar-refractivity contribution in [2.75, 3.05) is 11.9 Å². The first-order chi connectivity index (χ1) is 7.59. The van der Waals surface area contributed by atoms with Gasteiger partial charge in [-0.25, -0.2) is 4.98 Å². The van der Waals surface area contributed by atoms with E-state index in [9.17, 15) is 0 Å². The molecule has 0 radical (unpaired) electrons. The molecule has 16 heavy (non-hydrogen) atoms. The molecule has 0 aliphatic rings. The second kappa shape index (κ2) is 6.46. The van der Waals surface area contributed by atoms with E-state index in [-0.39, 0.29) is 0 Å². The third-order valence-corrected chi connectivity index (χ3v) is 2.58. The van der Waals surface area contributed by atoms with E-state index in [1.165, 1.54) is 19.3 Å². The third-order valence-electron chi connectivity index (χ3n) is 2.58. The number of nitrogens with one attached hydrogen (secondary N) is 1. The molecule has 0 spiro atoms. The van der Waals surface area contributed by atoms with Crippen LogP contribution in [0.2, 0.25) is 0 Å². The van der Waals surface area contributed by atoms with Crippen molar-refractivity contribution in [1.82, 2.24) is 9.97 Å². The fourth-order valence-electron chi connectivity index (χ4n) is 1.59. The summed E-state index contributed by atoms with van der Waals surface area (Å²) >= 11 is 0. The van der Waals surface area contributed by atoms with Crippen molar-refractivity contribution in [3.8, 4) is 0 Å². The van der Waals surface area contributed by atoms with E-state index in [1.807, 2.05) is 13.8 Å². The maximum Gasteiger partial charge on any atom is 0.147 e. The van der Waals surface area contributed by atoms with Crippen LogP contribution in [-0.4, -0.2) is 16.5 Å². The van der Waals surface area contributed by atoms with Crippen molar-refractivity contribution in [3.05, 3.63) is 17.6 Å². The minimum atomic E-state index is 0.806. The fourth-order valence-corrected chi connectivity index (χ4v) is 1.59. The summed E-state index contributed by atoms with van der Waals surface area (Å²) < 4.78 is 0. The lowest BCUT2D eigenvalue weighted by molar-refractivity contribution is 0.544. The van der Waals surface area contributed by atoms with Crippen molar-refractivity contribution in [3.63, 3.8) is 0 Å². The first-order valence-electron chi connectivity index (χ1n) is 6.13. The number of nitrogens with zero attached hydrogens (tertiary/aromatic N) is 2. The van der Waals surface area contributed by atoms with Crippen LogP contribution < -0.4 is 5.32 Å². The Morgan fingerprint density at radius 2 is 2.00 bits per heavy atom. The van der Waals surface area contributed by atoms with Gasteiger partial charge in [-0.15, -0.1) is 0 Å².